The molecule has 0 aromatic rings. The van der Waals surface area contributed by atoms with Crippen molar-refractivity contribution in [1.82, 2.24) is 0 Å². The Morgan fingerprint density at radius 2 is 1.88 bits per heavy atom. The lowest BCUT2D eigenvalue weighted by Gasteiger charge is -2.32. The van der Waals surface area contributed by atoms with Gasteiger partial charge in [-0.2, -0.15) is 0 Å². The van der Waals surface area contributed by atoms with Crippen molar-refractivity contribution in [1.29, 1.82) is 0 Å². The molecule has 0 fully saturated rings. The quantitative estimate of drug-likeness (QED) is 0.547. The Balaban J connectivity index is 5.29. The van der Waals surface area contributed by atoms with E-state index in [9.17, 15) is 19.1 Å². The highest BCUT2D eigenvalue weighted by Gasteiger charge is 2.55. The average Bonchev–Trinajstić information content (AvgIpc) is 2.12. The zero-order valence-electron chi connectivity index (χ0n) is 9.97. The van der Waals surface area contributed by atoms with Gasteiger partial charge in [-0.3, -0.25) is 4.57 Å². The van der Waals surface area contributed by atoms with E-state index in [1.165, 1.54) is 6.92 Å². The van der Waals surface area contributed by atoms with Crippen LogP contribution in [0, 0.1) is 0 Å². The molecule has 7 heteroatoms. The van der Waals surface area contributed by atoms with E-state index < -0.39 is 25.0 Å². The highest BCUT2D eigenvalue weighted by molar-refractivity contribution is 7.54. The fourth-order valence-corrected chi connectivity index (χ4v) is 2.37. The van der Waals surface area contributed by atoms with Gasteiger partial charge in [-0.25, -0.2) is 4.79 Å². The van der Waals surface area contributed by atoms with Crippen molar-refractivity contribution in [3.05, 3.63) is 0 Å². The first-order valence-corrected chi connectivity index (χ1v) is 6.73. The van der Waals surface area contributed by atoms with Gasteiger partial charge >= 0.3 is 13.6 Å². The minimum atomic E-state index is -4.74. The summed E-state index contributed by atoms with van der Waals surface area (Å²) in [6.07, 6.45) is -0.633. The molecular weight excluding hydrogens is 235 g/mol. The lowest BCUT2D eigenvalue weighted by atomic mass is 10.2. The van der Waals surface area contributed by atoms with Gasteiger partial charge in [0.2, 0.25) is 0 Å². The Morgan fingerprint density at radius 3 is 2.12 bits per heavy atom. The Hall–Kier alpha value is -0.420. The van der Waals surface area contributed by atoms with Crippen molar-refractivity contribution < 1.29 is 28.6 Å². The molecule has 16 heavy (non-hydrogen) atoms. The molecule has 0 amide bonds. The second kappa shape index (κ2) is 5.77. The molecule has 96 valence electrons. The molecule has 0 aromatic carbocycles. The minimum absolute atomic E-state index is 0.0437. The molecule has 0 radical (unpaired) electrons. The molecule has 2 N–H and O–H groups in total. The van der Waals surface area contributed by atoms with Crippen LogP contribution in [0.3, 0.4) is 0 Å². The first-order chi connectivity index (χ1) is 7.21. The van der Waals surface area contributed by atoms with E-state index in [1.807, 2.05) is 0 Å². The normalized spacial score (nSPS) is 15.9. The van der Waals surface area contributed by atoms with Crippen LogP contribution in [0.15, 0.2) is 0 Å². The van der Waals surface area contributed by atoms with Crippen LogP contribution in [-0.4, -0.2) is 33.8 Å². The van der Waals surface area contributed by atoms with E-state index in [1.54, 1.807) is 20.8 Å². The van der Waals surface area contributed by atoms with Crippen molar-refractivity contribution in [2.24, 2.45) is 0 Å². The lowest BCUT2D eigenvalue weighted by Crippen LogP contribution is -2.44. The van der Waals surface area contributed by atoms with Gasteiger partial charge in [0.1, 0.15) is 0 Å². The average molecular weight is 254 g/mol. The molecule has 6 nitrogen and oxygen atoms in total. The monoisotopic (exact) mass is 254 g/mol. The van der Waals surface area contributed by atoms with E-state index in [4.69, 9.17) is 4.74 Å². The number of rotatable bonds is 6. The predicted octanol–water partition coefficient (Wildman–Crippen LogP) is 1.26. The SMILES string of the molecule is CCOC(=O)C(CC)(OC(C)C)P(=O)(O)O. The molecule has 0 aromatic heterocycles. The summed E-state index contributed by atoms with van der Waals surface area (Å²) in [5, 5.41) is -2.18. The molecule has 0 bridgehead atoms. The van der Waals surface area contributed by atoms with Gasteiger partial charge in [0.05, 0.1) is 12.7 Å². The Morgan fingerprint density at radius 1 is 1.38 bits per heavy atom. The summed E-state index contributed by atoms with van der Waals surface area (Å²) in [5.74, 6) is -1.01. The van der Waals surface area contributed by atoms with Crippen LogP contribution < -0.4 is 0 Å². The third-order valence-corrected chi connectivity index (χ3v) is 3.52. The maximum atomic E-state index is 11.6. The van der Waals surface area contributed by atoms with Gasteiger partial charge in [-0.05, 0) is 27.2 Å². The topological polar surface area (TPSA) is 93.1 Å². The number of hydrogen-bond acceptors (Lipinski definition) is 4. The van der Waals surface area contributed by atoms with Crippen molar-refractivity contribution >= 4 is 13.6 Å². The number of esters is 1. The molecule has 0 saturated heterocycles. The van der Waals surface area contributed by atoms with Crippen LogP contribution in [0.5, 0.6) is 0 Å². The number of ether oxygens (including phenoxy) is 2. The van der Waals surface area contributed by atoms with E-state index >= 15 is 0 Å². The molecule has 0 heterocycles. The van der Waals surface area contributed by atoms with Gasteiger partial charge in [0.25, 0.3) is 5.34 Å². The summed E-state index contributed by atoms with van der Waals surface area (Å²) in [6.45, 7) is 6.27. The molecule has 0 rings (SSSR count). The highest BCUT2D eigenvalue weighted by atomic mass is 31.2. The number of carbonyl (C=O) groups is 1. The molecule has 0 saturated carbocycles. The molecule has 1 unspecified atom stereocenters. The molecule has 0 aliphatic carbocycles. The maximum Gasteiger partial charge on any atom is 0.368 e. The molecular formula is C9H19O6P. The van der Waals surface area contributed by atoms with Crippen molar-refractivity contribution in [2.45, 2.75) is 45.6 Å². The molecule has 0 aliphatic heterocycles. The van der Waals surface area contributed by atoms with Crippen molar-refractivity contribution in [3.63, 3.8) is 0 Å². The summed E-state index contributed by atoms with van der Waals surface area (Å²) in [4.78, 5) is 30.2. The fraction of sp³-hybridized carbons (Fsp3) is 0.889. The van der Waals surface area contributed by atoms with Crippen LogP contribution in [0.4, 0.5) is 0 Å². The number of hydrogen-bond donors (Lipinski definition) is 2. The number of carbonyl (C=O) groups excluding carboxylic acids is 1. The van der Waals surface area contributed by atoms with Crippen LogP contribution in [-0.2, 0) is 18.8 Å². The maximum absolute atomic E-state index is 11.6. The molecule has 0 aliphatic rings. The largest absolute Gasteiger partial charge is 0.463 e. The third-order valence-electron chi connectivity index (χ3n) is 1.97. The van der Waals surface area contributed by atoms with Gasteiger partial charge in [0, 0.05) is 0 Å². The zero-order valence-corrected chi connectivity index (χ0v) is 10.9. The van der Waals surface area contributed by atoms with Crippen molar-refractivity contribution in [2.75, 3.05) is 6.61 Å². The highest BCUT2D eigenvalue weighted by Crippen LogP contribution is 2.54. The van der Waals surface area contributed by atoms with E-state index in [2.05, 4.69) is 4.74 Å². The van der Waals surface area contributed by atoms with Crippen LogP contribution in [0.2, 0.25) is 0 Å². The Kier molecular flexibility index (Phi) is 5.62. The van der Waals surface area contributed by atoms with Crippen LogP contribution in [0.25, 0.3) is 0 Å². The molecule has 1 atom stereocenters. The molecule has 0 spiro atoms. The van der Waals surface area contributed by atoms with Gasteiger partial charge in [-0.15, -0.1) is 0 Å². The van der Waals surface area contributed by atoms with Gasteiger partial charge in [-0.1, -0.05) is 6.92 Å². The Labute approximate surface area is 95.1 Å². The first kappa shape index (κ1) is 15.6. The van der Waals surface area contributed by atoms with Gasteiger partial charge in [0.15, 0.2) is 0 Å². The van der Waals surface area contributed by atoms with Crippen LogP contribution in [0.1, 0.15) is 34.1 Å². The second-order valence-corrected chi connectivity index (χ2v) is 5.38. The zero-order chi connectivity index (χ0) is 13.0. The summed E-state index contributed by atoms with van der Waals surface area (Å²) in [5.41, 5.74) is 0. The fourth-order valence-electron chi connectivity index (χ4n) is 1.30. The summed E-state index contributed by atoms with van der Waals surface area (Å²) in [7, 11) is -4.74. The van der Waals surface area contributed by atoms with E-state index in [0.717, 1.165) is 0 Å². The lowest BCUT2D eigenvalue weighted by molar-refractivity contribution is -0.167. The third kappa shape index (κ3) is 3.28. The predicted molar refractivity (Wildman–Crippen MR) is 57.9 cm³/mol. The van der Waals surface area contributed by atoms with Crippen LogP contribution >= 0.6 is 7.60 Å². The summed E-state index contributed by atoms with van der Waals surface area (Å²) < 4.78 is 21.2. The summed E-state index contributed by atoms with van der Waals surface area (Å²) >= 11 is 0. The van der Waals surface area contributed by atoms with Crippen molar-refractivity contribution in [3.8, 4) is 0 Å². The van der Waals surface area contributed by atoms with E-state index in [0.29, 0.717) is 0 Å². The first-order valence-electron chi connectivity index (χ1n) is 5.12. The second-order valence-electron chi connectivity index (χ2n) is 3.57. The minimum Gasteiger partial charge on any atom is -0.463 e. The standard InChI is InChI=1S/C9H19O6P/c1-5-9(15-7(3)4,16(11,12)13)8(10)14-6-2/h7H,5-6H2,1-4H3,(H2,11,12,13). The Bertz CT molecular complexity index is 284. The van der Waals surface area contributed by atoms with Gasteiger partial charge < -0.3 is 19.3 Å². The smallest absolute Gasteiger partial charge is 0.368 e. The summed E-state index contributed by atoms with van der Waals surface area (Å²) in [6, 6.07) is 0. The van der Waals surface area contributed by atoms with E-state index in [-0.39, 0.29) is 13.0 Å².